The molecule has 1 saturated heterocycles. The average Bonchev–Trinajstić information content (AvgIpc) is 2.63. The molecule has 0 bridgehead atoms. The highest BCUT2D eigenvalue weighted by atomic mass is 32.2. The Balaban J connectivity index is 2.04. The molecule has 25 heavy (non-hydrogen) atoms. The van der Waals surface area contributed by atoms with Crippen molar-refractivity contribution < 1.29 is 13.2 Å². The molecular weight excluding hydrogens is 336 g/mol. The molecular formula is C19H22N2O3S. The van der Waals surface area contributed by atoms with Crippen LogP contribution in [0, 0.1) is 0 Å². The van der Waals surface area contributed by atoms with Gasteiger partial charge in [-0.2, -0.15) is 4.31 Å². The molecule has 0 amide bonds. The van der Waals surface area contributed by atoms with Crippen molar-refractivity contribution in [1.29, 1.82) is 0 Å². The molecule has 2 atom stereocenters. The second-order valence-corrected chi connectivity index (χ2v) is 8.28. The molecule has 2 unspecified atom stereocenters. The van der Waals surface area contributed by atoms with Crippen LogP contribution in [0.15, 0.2) is 59.5 Å². The summed E-state index contributed by atoms with van der Waals surface area (Å²) in [4.78, 5) is 12.9. The maximum Gasteiger partial charge on any atom is 0.244 e. The fourth-order valence-corrected chi connectivity index (χ4v) is 4.98. The number of carbonyl (C=O) groups excluding carboxylic acids is 1. The predicted octanol–water partition coefficient (Wildman–Crippen LogP) is 2.29. The summed E-state index contributed by atoms with van der Waals surface area (Å²) < 4.78 is 28.0. The molecule has 0 saturated carbocycles. The quantitative estimate of drug-likeness (QED) is 0.852. The van der Waals surface area contributed by atoms with Crippen LogP contribution in [0.1, 0.15) is 29.8 Å². The van der Waals surface area contributed by atoms with Crippen LogP contribution in [0.3, 0.4) is 0 Å². The Morgan fingerprint density at radius 3 is 2.40 bits per heavy atom. The topological polar surface area (TPSA) is 66.5 Å². The first kappa shape index (κ1) is 17.8. The van der Waals surface area contributed by atoms with Crippen molar-refractivity contribution in [3.8, 4) is 0 Å². The third-order valence-corrected chi connectivity index (χ3v) is 6.50. The predicted molar refractivity (Wildman–Crippen MR) is 97.1 cm³/mol. The highest BCUT2D eigenvalue weighted by molar-refractivity contribution is 7.89. The molecule has 1 N–H and O–H groups in total. The van der Waals surface area contributed by atoms with Crippen molar-refractivity contribution in [3.63, 3.8) is 0 Å². The van der Waals surface area contributed by atoms with Crippen molar-refractivity contribution >= 4 is 15.8 Å². The second kappa shape index (κ2) is 7.07. The van der Waals surface area contributed by atoms with Gasteiger partial charge in [0.2, 0.25) is 10.0 Å². The Kier molecular flexibility index (Phi) is 5.03. The summed E-state index contributed by atoms with van der Waals surface area (Å²) in [5.41, 5.74) is 0.693. The van der Waals surface area contributed by atoms with Crippen molar-refractivity contribution in [2.75, 3.05) is 13.1 Å². The second-order valence-electron chi connectivity index (χ2n) is 6.42. The monoisotopic (exact) mass is 358 g/mol. The number of sulfonamides is 1. The van der Waals surface area contributed by atoms with Crippen LogP contribution in [-0.2, 0) is 10.0 Å². The SMILES string of the molecule is CC1CN(S(=O)(=O)c2ccccc2C(=O)c2ccccc2)C(C)CN1. The summed E-state index contributed by atoms with van der Waals surface area (Å²) in [6.45, 7) is 4.81. The molecule has 5 nitrogen and oxygen atoms in total. The zero-order chi connectivity index (χ0) is 18.0. The fourth-order valence-electron chi connectivity index (χ4n) is 3.07. The lowest BCUT2D eigenvalue weighted by atomic mass is 10.0. The largest absolute Gasteiger partial charge is 0.311 e. The summed E-state index contributed by atoms with van der Waals surface area (Å²) in [7, 11) is -3.76. The highest BCUT2D eigenvalue weighted by Gasteiger charge is 2.35. The van der Waals surface area contributed by atoms with Gasteiger partial charge in [-0.25, -0.2) is 8.42 Å². The number of benzene rings is 2. The van der Waals surface area contributed by atoms with Crippen LogP contribution >= 0.6 is 0 Å². The standard InChI is InChI=1S/C19H22N2O3S/c1-14-13-21(15(2)12-20-14)25(23,24)18-11-7-6-10-17(18)19(22)16-8-4-3-5-9-16/h3-11,14-15,20H,12-13H2,1-2H3. The summed E-state index contributed by atoms with van der Waals surface area (Å²) in [5.74, 6) is -0.282. The van der Waals surface area contributed by atoms with E-state index in [1.807, 2.05) is 19.9 Å². The van der Waals surface area contributed by atoms with Gasteiger partial charge in [0.15, 0.2) is 5.78 Å². The van der Waals surface area contributed by atoms with Crippen molar-refractivity contribution in [1.82, 2.24) is 9.62 Å². The van der Waals surface area contributed by atoms with E-state index in [4.69, 9.17) is 0 Å². The molecule has 0 aliphatic carbocycles. The Labute approximate surface area is 148 Å². The first-order chi connectivity index (χ1) is 11.9. The minimum absolute atomic E-state index is 0.0722. The molecule has 2 aromatic rings. The molecule has 1 aliphatic rings. The minimum atomic E-state index is -3.76. The smallest absolute Gasteiger partial charge is 0.244 e. The van der Waals surface area contributed by atoms with Crippen LogP contribution in [-0.4, -0.2) is 43.7 Å². The van der Waals surface area contributed by atoms with Gasteiger partial charge in [0.05, 0.1) is 4.90 Å². The molecule has 132 valence electrons. The lowest BCUT2D eigenvalue weighted by Gasteiger charge is -2.36. The highest BCUT2D eigenvalue weighted by Crippen LogP contribution is 2.25. The maximum absolute atomic E-state index is 13.2. The van der Waals surface area contributed by atoms with Gasteiger partial charge < -0.3 is 5.32 Å². The van der Waals surface area contributed by atoms with Gasteiger partial charge in [-0.1, -0.05) is 42.5 Å². The summed E-state index contributed by atoms with van der Waals surface area (Å²) in [6, 6.07) is 15.1. The summed E-state index contributed by atoms with van der Waals surface area (Å²) in [5, 5.41) is 3.28. The Hall–Kier alpha value is -2.02. The van der Waals surface area contributed by atoms with Crippen LogP contribution < -0.4 is 5.32 Å². The number of nitrogens with one attached hydrogen (secondary N) is 1. The van der Waals surface area contributed by atoms with E-state index in [1.54, 1.807) is 42.5 Å². The Morgan fingerprint density at radius 2 is 1.68 bits per heavy atom. The first-order valence-corrected chi connectivity index (χ1v) is 9.79. The van der Waals surface area contributed by atoms with Gasteiger partial charge in [-0.3, -0.25) is 4.79 Å². The van der Waals surface area contributed by atoms with Gasteiger partial charge in [0.25, 0.3) is 0 Å². The van der Waals surface area contributed by atoms with Crippen molar-refractivity contribution in [2.45, 2.75) is 30.8 Å². The lowest BCUT2D eigenvalue weighted by molar-refractivity contribution is 0.103. The number of ketones is 1. The third-order valence-electron chi connectivity index (χ3n) is 4.46. The van der Waals surface area contributed by atoms with E-state index in [-0.39, 0.29) is 28.3 Å². The maximum atomic E-state index is 13.2. The number of hydrogen-bond acceptors (Lipinski definition) is 4. The Morgan fingerprint density at radius 1 is 1.04 bits per heavy atom. The average molecular weight is 358 g/mol. The zero-order valence-corrected chi connectivity index (χ0v) is 15.2. The van der Waals surface area contributed by atoms with Gasteiger partial charge in [-0.05, 0) is 26.0 Å². The van der Waals surface area contributed by atoms with E-state index >= 15 is 0 Å². The molecule has 6 heteroatoms. The third kappa shape index (κ3) is 3.51. The molecule has 2 aromatic carbocycles. The van der Waals surface area contributed by atoms with Gasteiger partial charge in [-0.15, -0.1) is 0 Å². The van der Waals surface area contributed by atoms with Gasteiger partial charge in [0, 0.05) is 36.3 Å². The van der Waals surface area contributed by atoms with Gasteiger partial charge in [0.1, 0.15) is 0 Å². The molecule has 0 spiro atoms. The fraction of sp³-hybridized carbons (Fsp3) is 0.316. The van der Waals surface area contributed by atoms with Crippen molar-refractivity contribution in [3.05, 3.63) is 65.7 Å². The van der Waals surface area contributed by atoms with E-state index in [2.05, 4.69) is 5.32 Å². The van der Waals surface area contributed by atoms with E-state index in [0.29, 0.717) is 18.7 Å². The number of rotatable bonds is 4. The first-order valence-electron chi connectivity index (χ1n) is 8.35. The molecule has 1 fully saturated rings. The van der Waals surface area contributed by atoms with Crippen LogP contribution in [0.4, 0.5) is 0 Å². The van der Waals surface area contributed by atoms with Crippen molar-refractivity contribution in [2.24, 2.45) is 0 Å². The summed E-state index contributed by atoms with van der Waals surface area (Å²) >= 11 is 0. The van der Waals surface area contributed by atoms with E-state index in [0.717, 1.165) is 0 Å². The molecule has 1 aliphatic heterocycles. The molecule has 0 aromatic heterocycles. The number of carbonyl (C=O) groups is 1. The normalized spacial score (nSPS) is 21.8. The molecule has 0 radical (unpaired) electrons. The zero-order valence-electron chi connectivity index (χ0n) is 14.3. The van der Waals surface area contributed by atoms with E-state index < -0.39 is 10.0 Å². The van der Waals surface area contributed by atoms with Crippen LogP contribution in [0.5, 0.6) is 0 Å². The number of piperazine rings is 1. The summed E-state index contributed by atoms with van der Waals surface area (Å²) in [6.07, 6.45) is 0. The Bertz CT molecular complexity index is 865. The van der Waals surface area contributed by atoms with E-state index in [1.165, 1.54) is 10.4 Å². The van der Waals surface area contributed by atoms with Crippen LogP contribution in [0.25, 0.3) is 0 Å². The molecule has 1 heterocycles. The minimum Gasteiger partial charge on any atom is -0.311 e. The lowest BCUT2D eigenvalue weighted by Crippen LogP contribution is -2.56. The number of hydrogen-bond donors (Lipinski definition) is 1. The van der Waals surface area contributed by atoms with E-state index in [9.17, 15) is 13.2 Å². The van der Waals surface area contributed by atoms with Gasteiger partial charge >= 0.3 is 0 Å². The van der Waals surface area contributed by atoms with Crippen LogP contribution in [0.2, 0.25) is 0 Å². The number of nitrogens with zero attached hydrogens (tertiary/aromatic N) is 1. The molecule has 3 rings (SSSR count).